The molecular formula is C9H18O. The molecule has 0 aromatic carbocycles. The summed E-state index contributed by atoms with van der Waals surface area (Å²) in [5.41, 5.74) is 0. The van der Waals surface area contributed by atoms with Gasteiger partial charge in [0, 0.05) is 0 Å². The van der Waals surface area contributed by atoms with Crippen molar-refractivity contribution in [2.24, 2.45) is 11.8 Å². The molecule has 0 aromatic rings. The Balaban J connectivity index is 2.46. The maximum Gasteiger partial charge on any atom is 0.0628 e. The van der Waals surface area contributed by atoms with Gasteiger partial charge in [0.05, 0.1) is 12.2 Å². The summed E-state index contributed by atoms with van der Waals surface area (Å²) < 4.78 is 5.73. The molecular weight excluding hydrogens is 124 g/mol. The normalized spacial score (nSPS) is 41.1. The fourth-order valence-corrected chi connectivity index (χ4v) is 1.93. The Labute approximate surface area is 63.8 Å². The summed E-state index contributed by atoms with van der Waals surface area (Å²) in [6, 6.07) is 0. The first-order valence-electron chi connectivity index (χ1n) is 4.26. The van der Waals surface area contributed by atoms with Crippen LogP contribution in [0, 0.1) is 11.8 Å². The zero-order chi connectivity index (χ0) is 7.72. The van der Waals surface area contributed by atoms with Gasteiger partial charge in [-0.25, -0.2) is 0 Å². The third kappa shape index (κ3) is 1.51. The summed E-state index contributed by atoms with van der Waals surface area (Å²) in [4.78, 5) is 0. The molecule has 1 heteroatoms. The van der Waals surface area contributed by atoms with E-state index in [0.29, 0.717) is 18.1 Å². The molecule has 1 nitrogen and oxygen atoms in total. The molecule has 10 heavy (non-hydrogen) atoms. The van der Waals surface area contributed by atoms with Gasteiger partial charge in [0.25, 0.3) is 0 Å². The van der Waals surface area contributed by atoms with E-state index < -0.39 is 0 Å². The van der Waals surface area contributed by atoms with Crippen molar-refractivity contribution in [3.63, 3.8) is 0 Å². The molecule has 1 fully saturated rings. The maximum atomic E-state index is 5.73. The Morgan fingerprint density at radius 3 is 2.10 bits per heavy atom. The van der Waals surface area contributed by atoms with Crippen LogP contribution in [0.15, 0.2) is 0 Å². The Kier molecular flexibility index (Phi) is 2.35. The van der Waals surface area contributed by atoms with Gasteiger partial charge >= 0.3 is 0 Å². The molecule has 1 heterocycles. The molecule has 1 unspecified atom stereocenters. The summed E-state index contributed by atoms with van der Waals surface area (Å²) >= 11 is 0. The SMILES string of the molecule is CC1C[C@@H](C)[C@@H](C(C)C)O1. The van der Waals surface area contributed by atoms with Gasteiger partial charge in [0.1, 0.15) is 0 Å². The van der Waals surface area contributed by atoms with E-state index in [1.165, 1.54) is 6.42 Å². The Bertz CT molecular complexity index is 109. The molecule has 0 aromatic heterocycles. The van der Waals surface area contributed by atoms with E-state index in [0.717, 1.165) is 5.92 Å². The number of hydrogen-bond donors (Lipinski definition) is 0. The molecule has 0 N–H and O–H groups in total. The standard InChI is InChI=1S/C9H18O/c1-6(2)9-7(3)5-8(4)10-9/h6-9H,5H2,1-4H3/t7-,8?,9-/m1/s1. The van der Waals surface area contributed by atoms with Crippen LogP contribution in [0.3, 0.4) is 0 Å². The minimum Gasteiger partial charge on any atom is -0.375 e. The lowest BCUT2D eigenvalue weighted by Gasteiger charge is -2.18. The monoisotopic (exact) mass is 142 g/mol. The lowest BCUT2D eigenvalue weighted by Crippen LogP contribution is -2.20. The Morgan fingerprint density at radius 1 is 1.30 bits per heavy atom. The Morgan fingerprint density at radius 2 is 1.90 bits per heavy atom. The molecule has 1 aliphatic rings. The molecule has 1 aliphatic heterocycles. The number of rotatable bonds is 1. The lowest BCUT2D eigenvalue weighted by molar-refractivity contribution is 0.0172. The van der Waals surface area contributed by atoms with Gasteiger partial charge < -0.3 is 4.74 Å². The van der Waals surface area contributed by atoms with Crippen molar-refractivity contribution in [3.05, 3.63) is 0 Å². The first-order chi connectivity index (χ1) is 4.61. The highest BCUT2D eigenvalue weighted by Gasteiger charge is 2.31. The highest BCUT2D eigenvalue weighted by atomic mass is 16.5. The Hall–Kier alpha value is -0.0400. The molecule has 0 spiro atoms. The van der Waals surface area contributed by atoms with Crippen LogP contribution in [0.4, 0.5) is 0 Å². The van der Waals surface area contributed by atoms with Crippen LogP contribution in [0.1, 0.15) is 34.1 Å². The highest BCUT2D eigenvalue weighted by molar-refractivity contribution is 4.79. The predicted octanol–water partition coefficient (Wildman–Crippen LogP) is 2.46. The van der Waals surface area contributed by atoms with Crippen LogP contribution in [0.2, 0.25) is 0 Å². The average molecular weight is 142 g/mol. The number of ether oxygens (including phenoxy) is 1. The van der Waals surface area contributed by atoms with Gasteiger partial charge in [-0.3, -0.25) is 0 Å². The van der Waals surface area contributed by atoms with Crippen LogP contribution in [0.25, 0.3) is 0 Å². The van der Waals surface area contributed by atoms with Gasteiger partial charge in [-0.1, -0.05) is 20.8 Å². The third-order valence-corrected chi connectivity index (χ3v) is 2.31. The predicted molar refractivity (Wildman–Crippen MR) is 43.0 cm³/mol. The van der Waals surface area contributed by atoms with Gasteiger partial charge in [0.2, 0.25) is 0 Å². The molecule has 3 atom stereocenters. The van der Waals surface area contributed by atoms with Crippen molar-refractivity contribution in [2.45, 2.75) is 46.3 Å². The van der Waals surface area contributed by atoms with E-state index in [1.807, 2.05) is 0 Å². The van der Waals surface area contributed by atoms with Crippen molar-refractivity contribution in [3.8, 4) is 0 Å². The third-order valence-electron chi connectivity index (χ3n) is 2.31. The molecule has 0 radical (unpaired) electrons. The summed E-state index contributed by atoms with van der Waals surface area (Å²) in [5, 5.41) is 0. The van der Waals surface area contributed by atoms with E-state index in [-0.39, 0.29) is 0 Å². The largest absolute Gasteiger partial charge is 0.375 e. The van der Waals surface area contributed by atoms with Crippen LogP contribution in [-0.4, -0.2) is 12.2 Å². The van der Waals surface area contributed by atoms with Gasteiger partial charge in [-0.15, -0.1) is 0 Å². The van der Waals surface area contributed by atoms with E-state index >= 15 is 0 Å². The van der Waals surface area contributed by atoms with Crippen molar-refractivity contribution in [1.29, 1.82) is 0 Å². The van der Waals surface area contributed by atoms with Gasteiger partial charge in [-0.05, 0) is 25.2 Å². The van der Waals surface area contributed by atoms with Crippen molar-refractivity contribution < 1.29 is 4.74 Å². The molecule has 60 valence electrons. The van der Waals surface area contributed by atoms with Gasteiger partial charge in [-0.2, -0.15) is 0 Å². The first-order valence-corrected chi connectivity index (χ1v) is 4.26. The van der Waals surface area contributed by atoms with Crippen LogP contribution in [-0.2, 0) is 4.74 Å². The minimum atomic E-state index is 0.488. The fourth-order valence-electron chi connectivity index (χ4n) is 1.93. The fraction of sp³-hybridized carbons (Fsp3) is 1.00. The van der Waals surface area contributed by atoms with E-state index in [9.17, 15) is 0 Å². The summed E-state index contributed by atoms with van der Waals surface area (Å²) in [6.45, 7) is 8.92. The quantitative estimate of drug-likeness (QED) is 0.546. The van der Waals surface area contributed by atoms with E-state index in [2.05, 4.69) is 27.7 Å². The zero-order valence-corrected chi connectivity index (χ0v) is 7.42. The van der Waals surface area contributed by atoms with Crippen molar-refractivity contribution in [1.82, 2.24) is 0 Å². The van der Waals surface area contributed by atoms with E-state index in [1.54, 1.807) is 0 Å². The second kappa shape index (κ2) is 2.91. The van der Waals surface area contributed by atoms with Crippen LogP contribution >= 0.6 is 0 Å². The average Bonchev–Trinajstić information content (AvgIpc) is 2.10. The number of hydrogen-bond acceptors (Lipinski definition) is 1. The van der Waals surface area contributed by atoms with E-state index in [4.69, 9.17) is 4.74 Å². The molecule has 0 saturated carbocycles. The molecule has 0 amide bonds. The summed E-state index contributed by atoms with van der Waals surface area (Å²) in [6.07, 6.45) is 2.24. The topological polar surface area (TPSA) is 9.23 Å². The minimum absolute atomic E-state index is 0.488. The molecule has 0 bridgehead atoms. The zero-order valence-electron chi connectivity index (χ0n) is 7.42. The maximum absolute atomic E-state index is 5.73. The second-order valence-electron chi connectivity index (χ2n) is 3.87. The molecule has 0 aliphatic carbocycles. The smallest absolute Gasteiger partial charge is 0.0628 e. The van der Waals surface area contributed by atoms with Crippen LogP contribution < -0.4 is 0 Å². The second-order valence-corrected chi connectivity index (χ2v) is 3.87. The highest BCUT2D eigenvalue weighted by Crippen LogP contribution is 2.30. The summed E-state index contributed by atoms with van der Waals surface area (Å²) in [7, 11) is 0. The molecule has 1 rings (SSSR count). The van der Waals surface area contributed by atoms with Gasteiger partial charge in [0.15, 0.2) is 0 Å². The van der Waals surface area contributed by atoms with Crippen molar-refractivity contribution >= 4 is 0 Å². The lowest BCUT2D eigenvalue weighted by atomic mass is 9.94. The van der Waals surface area contributed by atoms with Crippen LogP contribution in [0.5, 0.6) is 0 Å². The van der Waals surface area contributed by atoms with Crippen molar-refractivity contribution in [2.75, 3.05) is 0 Å². The molecule has 1 saturated heterocycles. The first kappa shape index (κ1) is 8.06. The summed E-state index contributed by atoms with van der Waals surface area (Å²) in [5.74, 6) is 1.44.